The summed E-state index contributed by atoms with van der Waals surface area (Å²) in [4.78, 5) is 32.9. The molecule has 1 aliphatic rings. The molecule has 1 saturated carbocycles. The van der Waals surface area contributed by atoms with Crippen LogP contribution in [-0.2, 0) is 0 Å². The third-order valence-corrected chi connectivity index (χ3v) is 4.87. The van der Waals surface area contributed by atoms with Crippen LogP contribution in [0.5, 0.6) is 0 Å². The fraction of sp³-hybridized carbons (Fsp3) is 0.238. The molecule has 0 spiro atoms. The first-order valence-corrected chi connectivity index (χ1v) is 9.32. The fourth-order valence-electron chi connectivity index (χ4n) is 3.12. The van der Waals surface area contributed by atoms with Crippen LogP contribution < -0.4 is 11.1 Å². The lowest BCUT2D eigenvalue weighted by Crippen LogP contribution is -2.18. The molecule has 8 heteroatoms. The molecule has 0 saturated heterocycles. The predicted molar refractivity (Wildman–Crippen MR) is 106 cm³/mol. The van der Waals surface area contributed by atoms with Crippen LogP contribution in [0.2, 0.25) is 0 Å². The van der Waals surface area contributed by atoms with Gasteiger partial charge in [-0.2, -0.15) is 0 Å². The van der Waals surface area contributed by atoms with Gasteiger partial charge in [0, 0.05) is 12.1 Å². The number of nitrogens with zero attached hydrogens (tertiary/aromatic N) is 3. The zero-order chi connectivity index (χ0) is 20.5. The molecule has 3 N–H and O–H groups in total. The first kappa shape index (κ1) is 18.9. The fourth-order valence-corrected chi connectivity index (χ4v) is 3.12. The van der Waals surface area contributed by atoms with Crippen molar-refractivity contribution in [1.82, 2.24) is 14.5 Å². The highest BCUT2D eigenvalue weighted by atomic mass is 19.1. The average Bonchev–Trinajstić information content (AvgIpc) is 3.45. The second-order valence-electron chi connectivity index (χ2n) is 7.09. The van der Waals surface area contributed by atoms with Crippen molar-refractivity contribution in [1.29, 1.82) is 0 Å². The molecule has 0 unspecified atom stereocenters. The van der Waals surface area contributed by atoms with E-state index in [1.54, 1.807) is 23.9 Å². The number of anilines is 1. The minimum atomic E-state index is -0.656. The number of aryl methyl sites for hydroxylation is 1. The number of aromatic nitrogens is 3. The molecule has 1 aromatic carbocycles. The maximum Gasteiger partial charge on any atom is 0.259 e. The van der Waals surface area contributed by atoms with E-state index in [0.29, 0.717) is 17.2 Å². The monoisotopic (exact) mass is 393 g/mol. The Hall–Kier alpha value is -3.39. The van der Waals surface area contributed by atoms with E-state index in [2.05, 4.69) is 15.3 Å². The topological polar surface area (TPSA) is 103 Å². The van der Waals surface area contributed by atoms with E-state index in [0.717, 1.165) is 18.5 Å². The number of amides is 1. The summed E-state index contributed by atoms with van der Waals surface area (Å²) in [6, 6.07) is 7.42. The number of hydrogen-bond donors (Lipinski definition) is 2. The van der Waals surface area contributed by atoms with Gasteiger partial charge in [0.05, 0.1) is 29.8 Å². The summed E-state index contributed by atoms with van der Waals surface area (Å²) in [6.45, 7) is 1.59. The lowest BCUT2D eigenvalue weighted by Gasteiger charge is -2.11. The molecule has 1 fully saturated rings. The Morgan fingerprint density at radius 2 is 2.10 bits per heavy atom. The molecule has 148 valence electrons. The molecular weight excluding hydrogens is 373 g/mol. The van der Waals surface area contributed by atoms with Crippen molar-refractivity contribution in [3.63, 3.8) is 0 Å². The molecule has 0 radical (unpaired) electrons. The summed E-state index contributed by atoms with van der Waals surface area (Å²) >= 11 is 0. The SMILES string of the molecule is Cc1cc(F)c(C(=O)Nc2cccc(C(=O)CN)n2)cc1-n1cnc(C2CC2)c1. The molecule has 2 heterocycles. The van der Waals surface area contributed by atoms with E-state index in [1.807, 2.05) is 6.20 Å². The summed E-state index contributed by atoms with van der Waals surface area (Å²) in [5.74, 6) is -1.00. The minimum absolute atomic E-state index is 0.121. The molecule has 4 rings (SSSR count). The van der Waals surface area contributed by atoms with Gasteiger partial charge in [-0.1, -0.05) is 6.07 Å². The van der Waals surface area contributed by atoms with Gasteiger partial charge in [0.1, 0.15) is 17.3 Å². The highest BCUT2D eigenvalue weighted by Crippen LogP contribution is 2.39. The molecule has 7 nitrogen and oxygen atoms in total. The smallest absolute Gasteiger partial charge is 0.259 e. The summed E-state index contributed by atoms with van der Waals surface area (Å²) in [6.07, 6.45) is 5.86. The molecule has 3 aromatic rings. The highest BCUT2D eigenvalue weighted by Gasteiger charge is 2.26. The van der Waals surface area contributed by atoms with Crippen molar-refractivity contribution < 1.29 is 14.0 Å². The number of nitrogens with one attached hydrogen (secondary N) is 1. The van der Waals surface area contributed by atoms with Crippen LogP contribution in [0.3, 0.4) is 0 Å². The number of carbonyl (C=O) groups is 2. The number of hydrogen-bond acceptors (Lipinski definition) is 5. The van der Waals surface area contributed by atoms with Gasteiger partial charge in [0.2, 0.25) is 0 Å². The van der Waals surface area contributed by atoms with E-state index in [1.165, 1.54) is 24.3 Å². The van der Waals surface area contributed by atoms with Gasteiger partial charge in [0.15, 0.2) is 5.78 Å². The second-order valence-corrected chi connectivity index (χ2v) is 7.09. The van der Waals surface area contributed by atoms with Gasteiger partial charge < -0.3 is 15.6 Å². The Bertz CT molecular complexity index is 1100. The number of halogens is 1. The number of ketones is 1. The number of imidazole rings is 1. The largest absolute Gasteiger partial charge is 0.324 e. The number of rotatable bonds is 6. The number of pyridine rings is 1. The van der Waals surface area contributed by atoms with Crippen LogP contribution >= 0.6 is 0 Å². The molecule has 0 atom stereocenters. The van der Waals surface area contributed by atoms with E-state index < -0.39 is 11.7 Å². The van der Waals surface area contributed by atoms with Crippen molar-refractivity contribution in [3.8, 4) is 5.69 Å². The number of Topliss-reactive ketones (excluding diaryl/α,β-unsaturated/α-hetero) is 1. The van der Waals surface area contributed by atoms with Gasteiger partial charge in [-0.3, -0.25) is 9.59 Å². The zero-order valence-electron chi connectivity index (χ0n) is 15.9. The molecule has 0 bridgehead atoms. The van der Waals surface area contributed by atoms with Crippen LogP contribution in [0.25, 0.3) is 5.69 Å². The Morgan fingerprint density at radius 1 is 1.31 bits per heavy atom. The lowest BCUT2D eigenvalue weighted by molar-refractivity contribution is 0.0991. The third-order valence-electron chi connectivity index (χ3n) is 4.87. The third kappa shape index (κ3) is 3.93. The van der Waals surface area contributed by atoms with Crippen molar-refractivity contribution in [2.45, 2.75) is 25.7 Å². The predicted octanol–water partition coefficient (Wildman–Crippen LogP) is 2.99. The normalized spacial score (nSPS) is 13.3. The Balaban J connectivity index is 1.62. The molecule has 1 amide bonds. The average molecular weight is 393 g/mol. The van der Waals surface area contributed by atoms with Gasteiger partial charge in [-0.05, 0) is 49.6 Å². The number of nitrogens with two attached hydrogens (primary N) is 1. The summed E-state index contributed by atoms with van der Waals surface area (Å²) in [7, 11) is 0. The van der Waals surface area contributed by atoms with Crippen LogP contribution in [0.15, 0.2) is 42.9 Å². The summed E-state index contributed by atoms with van der Waals surface area (Å²) < 4.78 is 16.3. The van der Waals surface area contributed by atoms with E-state index in [-0.39, 0.29) is 29.4 Å². The molecule has 1 aliphatic carbocycles. The molecule has 0 aliphatic heterocycles. The van der Waals surface area contributed by atoms with Crippen LogP contribution in [0.1, 0.15) is 50.9 Å². The van der Waals surface area contributed by atoms with Crippen LogP contribution in [0, 0.1) is 12.7 Å². The highest BCUT2D eigenvalue weighted by molar-refractivity contribution is 6.05. The van der Waals surface area contributed by atoms with E-state index in [4.69, 9.17) is 5.73 Å². The van der Waals surface area contributed by atoms with Crippen LogP contribution in [-0.4, -0.2) is 32.8 Å². The van der Waals surface area contributed by atoms with Gasteiger partial charge in [-0.15, -0.1) is 0 Å². The zero-order valence-corrected chi connectivity index (χ0v) is 15.9. The molecule has 29 heavy (non-hydrogen) atoms. The van der Waals surface area contributed by atoms with E-state index >= 15 is 0 Å². The van der Waals surface area contributed by atoms with Gasteiger partial charge in [-0.25, -0.2) is 14.4 Å². The maximum atomic E-state index is 14.5. The van der Waals surface area contributed by atoms with Crippen molar-refractivity contribution >= 4 is 17.5 Å². The molecule has 2 aromatic heterocycles. The number of benzene rings is 1. The summed E-state index contributed by atoms with van der Waals surface area (Å²) in [5, 5.41) is 2.54. The van der Waals surface area contributed by atoms with Crippen molar-refractivity contribution in [2.24, 2.45) is 5.73 Å². The lowest BCUT2D eigenvalue weighted by atomic mass is 10.1. The van der Waals surface area contributed by atoms with Crippen LogP contribution in [0.4, 0.5) is 10.2 Å². The Kier molecular flexibility index (Phi) is 4.94. The standard InChI is InChI=1S/C21H20FN5O2/c1-12-7-15(22)14(8-18(12)27-10-17(24-11-27)13-5-6-13)21(29)26-20-4-2-3-16(25-20)19(28)9-23/h2-4,7-8,10-11,13H,5-6,9,23H2,1H3,(H,25,26,29). The van der Waals surface area contributed by atoms with Crippen molar-refractivity contribution in [3.05, 3.63) is 71.2 Å². The number of carbonyl (C=O) groups excluding carboxylic acids is 2. The minimum Gasteiger partial charge on any atom is -0.324 e. The first-order valence-electron chi connectivity index (χ1n) is 9.32. The second kappa shape index (κ2) is 7.56. The van der Waals surface area contributed by atoms with Gasteiger partial charge >= 0.3 is 0 Å². The van der Waals surface area contributed by atoms with Gasteiger partial charge in [0.25, 0.3) is 5.91 Å². The first-order chi connectivity index (χ1) is 14.0. The Labute approximate surface area is 166 Å². The van der Waals surface area contributed by atoms with Crippen molar-refractivity contribution in [2.75, 3.05) is 11.9 Å². The quantitative estimate of drug-likeness (QED) is 0.627. The maximum absolute atomic E-state index is 14.5. The Morgan fingerprint density at radius 3 is 2.83 bits per heavy atom. The van der Waals surface area contributed by atoms with E-state index in [9.17, 15) is 14.0 Å². The summed E-state index contributed by atoms with van der Waals surface area (Å²) in [5.41, 5.74) is 7.73. The molecular formula is C21H20FN5O2.